The molecule has 0 radical (unpaired) electrons. The molecule has 0 aliphatic carbocycles. The van der Waals surface area contributed by atoms with Gasteiger partial charge in [-0.15, -0.1) is 0 Å². The van der Waals surface area contributed by atoms with Crippen molar-refractivity contribution in [3.8, 4) is 5.75 Å². The van der Waals surface area contributed by atoms with Gasteiger partial charge in [0.2, 0.25) is 5.78 Å². The highest BCUT2D eigenvalue weighted by molar-refractivity contribution is 5.97. The number of Topliss-reactive ketones (excluding diaryl/α,β-unsaturated/α-hetero) is 1. The fraction of sp³-hybridized carbons (Fsp3) is 0.133. The van der Waals surface area contributed by atoms with Crippen LogP contribution in [0.3, 0.4) is 0 Å². The minimum absolute atomic E-state index is 0.258. The third-order valence-electron chi connectivity index (χ3n) is 2.74. The Balaban J connectivity index is 2.11. The van der Waals surface area contributed by atoms with Crippen LogP contribution in [-0.2, 0) is 0 Å². The first-order chi connectivity index (χ1) is 9.49. The molecule has 0 saturated carbocycles. The number of carbonyl (C=O) groups is 1. The number of aryl methyl sites for hydroxylation is 1. The number of halogens is 3. The summed E-state index contributed by atoms with van der Waals surface area (Å²) in [6, 6.07) is 7.11. The van der Waals surface area contributed by atoms with Gasteiger partial charge in [0.1, 0.15) is 23.2 Å². The maximum atomic E-state index is 13.4. The molecular weight excluding hydrogens is 269 g/mol. The summed E-state index contributed by atoms with van der Waals surface area (Å²) in [6.45, 7) is 1.02. The van der Waals surface area contributed by atoms with Crippen molar-refractivity contribution in [2.24, 2.45) is 0 Å². The lowest BCUT2D eigenvalue weighted by atomic mass is 10.1. The average molecular weight is 280 g/mol. The van der Waals surface area contributed by atoms with Gasteiger partial charge in [-0.05, 0) is 42.8 Å². The van der Waals surface area contributed by atoms with E-state index in [2.05, 4.69) is 0 Å². The first-order valence-electron chi connectivity index (χ1n) is 5.85. The topological polar surface area (TPSA) is 26.3 Å². The molecule has 5 heteroatoms. The van der Waals surface area contributed by atoms with Crippen LogP contribution >= 0.6 is 0 Å². The van der Waals surface area contributed by atoms with Gasteiger partial charge in [0.15, 0.2) is 6.61 Å². The smallest absolute Gasteiger partial charge is 0.206 e. The number of ether oxygens (including phenoxy) is 1. The van der Waals surface area contributed by atoms with Crippen LogP contribution in [0.4, 0.5) is 13.2 Å². The predicted molar refractivity (Wildman–Crippen MR) is 67.3 cm³/mol. The lowest BCUT2D eigenvalue weighted by molar-refractivity contribution is 0.0913. The van der Waals surface area contributed by atoms with Crippen LogP contribution < -0.4 is 4.74 Å². The Morgan fingerprint density at radius 3 is 2.30 bits per heavy atom. The molecule has 2 nitrogen and oxygen atoms in total. The largest absolute Gasteiger partial charge is 0.485 e. The summed E-state index contributed by atoms with van der Waals surface area (Å²) >= 11 is 0. The van der Waals surface area contributed by atoms with Gasteiger partial charge < -0.3 is 4.74 Å². The Morgan fingerprint density at radius 2 is 1.70 bits per heavy atom. The van der Waals surface area contributed by atoms with Crippen LogP contribution in [0.15, 0.2) is 36.4 Å². The van der Waals surface area contributed by atoms with Gasteiger partial charge >= 0.3 is 0 Å². The van der Waals surface area contributed by atoms with Crippen molar-refractivity contribution in [2.45, 2.75) is 6.92 Å². The van der Waals surface area contributed by atoms with Gasteiger partial charge in [0, 0.05) is 0 Å². The Morgan fingerprint density at radius 1 is 1.05 bits per heavy atom. The molecule has 0 spiro atoms. The fourth-order valence-corrected chi connectivity index (χ4v) is 1.69. The maximum absolute atomic E-state index is 13.4. The van der Waals surface area contributed by atoms with Gasteiger partial charge in [0.05, 0.1) is 5.56 Å². The van der Waals surface area contributed by atoms with E-state index in [1.807, 2.05) is 0 Å². The molecule has 0 fully saturated rings. The average Bonchev–Trinajstić information content (AvgIpc) is 2.40. The third kappa shape index (κ3) is 2.99. The maximum Gasteiger partial charge on any atom is 0.206 e. The molecule has 0 N–H and O–H groups in total. The van der Waals surface area contributed by atoms with E-state index in [-0.39, 0.29) is 5.75 Å². The molecule has 20 heavy (non-hydrogen) atoms. The lowest BCUT2D eigenvalue weighted by Gasteiger charge is -2.08. The second-order valence-electron chi connectivity index (χ2n) is 4.22. The van der Waals surface area contributed by atoms with Crippen LogP contribution in [0.2, 0.25) is 0 Å². The van der Waals surface area contributed by atoms with Crippen molar-refractivity contribution in [3.05, 3.63) is 65.0 Å². The summed E-state index contributed by atoms with van der Waals surface area (Å²) in [5.74, 6) is -2.83. The summed E-state index contributed by atoms with van der Waals surface area (Å²) in [4.78, 5) is 11.7. The van der Waals surface area contributed by atoms with Gasteiger partial charge in [-0.1, -0.05) is 6.07 Å². The predicted octanol–water partition coefficient (Wildman–Crippen LogP) is 3.67. The monoisotopic (exact) mass is 280 g/mol. The molecule has 0 bridgehead atoms. The highest BCUT2D eigenvalue weighted by Crippen LogP contribution is 2.17. The van der Waals surface area contributed by atoms with Crippen LogP contribution in [0.5, 0.6) is 5.75 Å². The van der Waals surface area contributed by atoms with Crippen LogP contribution in [-0.4, -0.2) is 12.4 Å². The Bertz CT molecular complexity index is 633. The third-order valence-corrected chi connectivity index (χ3v) is 2.74. The lowest BCUT2D eigenvalue weighted by Crippen LogP contribution is -2.15. The highest BCUT2D eigenvalue weighted by atomic mass is 19.1. The molecule has 0 amide bonds. The van der Waals surface area contributed by atoms with Gasteiger partial charge in [-0.25, -0.2) is 13.2 Å². The van der Waals surface area contributed by atoms with Crippen molar-refractivity contribution in [1.29, 1.82) is 0 Å². The molecule has 0 aliphatic rings. The zero-order chi connectivity index (χ0) is 14.7. The molecule has 2 rings (SSSR count). The molecule has 0 aromatic heterocycles. The van der Waals surface area contributed by atoms with Gasteiger partial charge in [0.25, 0.3) is 0 Å². The quantitative estimate of drug-likeness (QED) is 0.799. The molecule has 2 aromatic rings. The second-order valence-corrected chi connectivity index (χ2v) is 4.22. The van der Waals surface area contributed by atoms with E-state index in [9.17, 15) is 18.0 Å². The number of carbonyl (C=O) groups excluding carboxylic acids is 1. The standard InChI is InChI=1S/C15H11F3O2/c1-9-7-10(5-6-11(9)16)20-8-14(19)15-12(17)3-2-4-13(15)18/h2-7H,8H2,1H3. The van der Waals surface area contributed by atoms with Crippen LogP contribution in [0.1, 0.15) is 15.9 Å². The van der Waals surface area contributed by atoms with E-state index in [1.54, 1.807) is 6.92 Å². The van der Waals surface area contributed by atoms with Crippen LogP contribution in [0, 0.1) is 24.4 Å². The van der Waals surface area contributed by atoms with E-state index >= 15 is 0 Å². The minimum Gasteiger partial charge on any atom is -0.485 e. The van der Waals surface area contributed by atoms with Gasteiger partial charge in [-0.2, -0.15) is 0 Å². The molecule has 0 atom stereocenters. The molecule has 0 heterocycles. The molecule has 0 unspecified atom stereocenters. The molecule has 104 valence electrons. The Labute approximate surface area is 113 Å². The first-order valence-corrected chi connectivity index (χ1v) is 5.85. The zero-order valence-corrected chi connectivity index (χ0v) is 10.6. The van der Waals surface area contributed by atoms with Crippen molar-refractivity contribution in [3.63, 3.8) is 0 Å². The first kappa shape index (κ1) is 14.1. The summed E-state index contributed by atoms with van der Waals surface area (Å²) in [6.07, 6.45) is 0. The second kappa shape index (κ2) is 5.77. The summed E-state index contributed by atoms with van der Waals surface area (Å²) < 4.78 is 44.9. The fourth-order valence-electron chi connectivity index (χ4n) is 1.69. The molecule has 0 aliphatic heterocycles. The summed E-state index contributed by atoms with van der Waals surface area (Å²) in [7, 11) is 0. The number of ketones is 1. The van der Waals surface area contributed by atoms with Crippen molar-refractivity contribution >= 4 is 5.78 Å². The Kier molecular flexibility index (Phi) is 4.08. The van der Waals surface area contributed by atoms with Crippen LogP contribution in [0.25, 0.3) is 0 Å². The number of hydrogen-bond acceptors (Lipinski definition) is 2. The van der Waals surface area contributed by atoms with Crippen molar-refractivity contribution < 1.29 is 22.7 Å². The van der Waals surface area contributed by atoms with Crippen molar-refractivity contribution in [2.75, 3.05) is 6.61 Å². The van der Waals surface area contributed by atoms with Crippen molar-refractivity contribution in [1.82, 2.24) is 0 Å². The Hall–Kier alpha value is -2.30. The number of benzene rings is 2. The summed E-state index contributed by atoms with van der Waals surface area (Å²) in [5, 5.41) is 0. The highest BCUT2D eigenvalue weighted by Gasteiger charge is 2.17. The van der Waals surface area contributed by atoms with E-state index in [0.717, 1.165) is 12.1 Å². The normalized spacial score (nSPS) is 10.4. The molecular formula is C15H11F3O2. The number of rotatable bonds is 4. The van der Waals surface area contributed by atoms with E-state index < -0.39 is 35.4 Å². The number of hydrogen-bond donors (Lipinski definition) is 0. The molecule has 2 aromatic carbocycles. The van der Waals surface area contributed by atoms with Gasteiger partial charge in [-0.3, -0.25) is 4.79 Å². The summed E-state index contributed by atoms with van der Waals surface area (Å²) in [5.41, 5.74) is -0.279. The van der Waals surface area contributed by atoms with E-state index in [4.69, 9.17) is 4.74 Å². The van der Waals surface area contributed by atoms with E-state index in [1.165, 1.54) is 24.3 Å². The molecule has 0 saturated heterocycles. The minimum atomic E-state index is -0.936. The zero-order valence-electron chi connectivity index (χ0n) is 10.6. The van der Waals surface area contributed by atoms with E-state index in [0.29, 0.717) is 5.56 Å². The SMILES string of the molecule is Cc1cc(OCC(=O)c2c(F)cccc2F)ccc1F.